The van der Waals surface area contributed by atoms with Crippen LogP contribution in [-0.2, 0) is 10.0 Å². The molecule has 0 atom stereocenters. The van der Waals surface area contributed by atoms with Crippen molar-refractivity contribution in [2.45, 2.75) is 18.7 Å². The quantitative estimate of drug-likeness (QED) is 0.417. The van der Waals surface area contributed by atoms with Crippen LogP contribution >= 0.6 is 0 Å². The average Bonchev–Trinajstić information content (AvgIpc) is 2.65. The van der Waals surface area contributed by atoms with E-state index in [1.807, 2.05) is 13.8 Å². The molecule has 0 saturated carbocycles. The van der Waals surface area contributed by atoms with E-state index >= 15 is 0 Å². The van der Waals surface area contributed by atoms with Gasteiger partial charge in [0.25, 0.3) is 10.0 Å². The maximum absolute atomic E-state index is 12.9. The molecule has 1 aromatic heterocycles. The first-order chi connectivity index (χ1) is 12.8. The Labute approximate surface area is 157 Å². The van der Waals surface area contributed by atoms with Gasteiger partial charge in [0.1, 0.15) is 0 Å². The second-order valence-electron chi connectivity index (χ2n) is 6.18. The number of carbonyl (C=O) groups is 1. The lowest BCUT2D eigenvalue weighted by molar-refractivity contribution is -0.605. The van der Waals surface area contributed by atoms with Crippen LogP contribution in [-0.4, -0.2) is 14.2 Å². The third-order valence-electron chi connectivity index (χ3n) is 4.24. The highest BCUT2D eigenvalue weighted by molar-refractivity contribution is 7.92. The van der Waals surface area contributed by atoms with Crippen LogP contribution in [0.15, 0.2) is 71.9 Å². The van der Waals surface area contributed by atoms with Crippen LogP contribution in [0, 0.1) is 19.1 Å². The Morgan fingerprint density at radius 1 is 0.963 bits per heavy atom. The predicted molar refractivity (Wildman–Crippen MR) is 102 cm³/mol. The Kier molecular flexibility index (Phi) is 4.96. The van der Waals surface area contributed by atoms with Crippen molar-refractivity contribution in [3.8, 4) is 0 Å². The molecule has 0 spiro atoms. The molecule has 0 unspecified atom stereocenters. The number of carbonyl (C=O) groups excluding carboxylic acids is 1. The second-order valence-corrected chi connectivity index (χ2v) is 7.86. The van der Waals surface area contributed by atoms with Gasteiger partial charge in [0.05, 0.1) is 10.6 Å². The Morgan fingerprint density at radius 2 is 1.56 bits per heavy atom. The summed E-state index contributed by atoms with van der Waals surface area (Å²) >= 11 is 0. The number of hydrogen-bond donors (Lipinski definition) is 1. The Balaban J connectivity index is 2.06. The summed E-state index contributed by atoms with van der Waals surface area (Å²) in [6.45, 7) is 3.69. The third-order valence-corrected chi connectivity index (χ3v) is 5.62. The smallest absolute Gasteiger partial charge is 0.261 e. The van der Waals surface area contributed by atoms with Gasteiger partial charge < -0.3 is 5.21 Å². The monoisotopic (exact) mass is 382 g/mol. The molecule has 0 radical (unpaired) electrons. The highest BCUT2D eigenvalue weighted by atomic mass is 32.2. The summed E-state index contributed by atoms with van der Waals surface area (Å²) in [5.41, 5.74) is 2.43. The van der Waals surface area contributed by atoms with E-state index in [4.69, 9.17) is 0 Å². The molecule has 7 heteroatoms. The first-order valence-electron chi connectivity index (χ1n) is 8.20. The number of sulfonamides is 1. The van der Waals surface area contributed by atoms with E-state index in [0.717, 1.165) is 11.1 Å². The van der Waals surface area contributed by atoms with Crippen LogP contribution in [0.1, 0.15) is 27.0 Å². The highest BCUT2D eigenvalue weighted by Gasteiger charge is 2.21. The van der Waals surface area contributed by atoms with Crippen molar-refractivity contribution in [3.05, 3.63) is 94.5 Å². The molecule has 138 valence electrons. The Hall–Kier alpha value is -3.19. The van der Waals surface area contributed by atoms with Gasteiger partial charge in [0, 0.05) is 23.3 Å². The van der Waals surface area contributed by atoms with Gasteiger partial charge in [-0.25, -0.2) is 8.42 Å². The largest absolute Gasteiger partial charge is 0.619 e. The zero-order valence-corrected chi connectivity index (χ0v) is 15.7. The fourth-order valence-electron chi connectivity index (χ4n) is 2.61. The Bertz CT molecular complexity index is 1090. The summed E-state index contributed by atoms with van der Waals surface area (Å²) in [5, 5.41) is 11.2. The number of aryl methyl sites for hydroxylation is 2. The van der Waals surface area contributed by atoms with Gasteiger partial charge in [-0.2, -0.15) is 4.73 Å². The third kappa shape index (κ3) is 3.98. The van der Waals surface area contributed by atoms with Crippen LogP contribution < -0.4 is 9.45 Å². The van der Waals surface area contributed by atoms with E-state index in [0.29, 0.717) is 10.3 Å². The lowest BCUT2D eigenvalue weighted by Crippen LogP contribution is -2.24. The molecule has 6 nitrogen and oxygen atoms in total. The summed E-state index contributed by atoms with van der Waals surface area (Å²) in [6.07, 6.45) is 2.45. The molecule has 0 aliphatic heterocycles. The van der Waals surface area contributed by atoms with Crippen molar-refractivity contribution in [1.29, 1.82) is 0 Å². The fourth-order valence-corrected chi connectivity index (χ4v) is 3.70. The zero-order valence-electron chi connectivity index (χ0n) is 14.8. The molecular formula is C20H18N2O4S. The molecule has 3 rings (SSSR count). The minimum absolute atomic E-state index is 0.105. The molecule has 0 aliphatic rings. The molecule has 0 amide bonds. The average molecular weight is 382 g/mol. The number of pyridine rings is 1. The highest BCUT2D eigenvalue weighted by Crippen LogP contribution is 2.26. The molecule has 3 aromatic rings. The fraction of sp³-hybridized carbons (Fsp3) is 0.100. The van der Waals surface area contributed by atoms with Gasteiger partial charge in [-0.05, 0) is 49.2 Å². The van der Waals surface area contributed by atoms with Gasteiger partial charge in [0.15, 0.2) is 18.2 Å². The minimum Gasteiger partial charge on any atom is -0.619 e. The summed E-state index contributed by atoms with van der Waals surface area (Å²) in [6, 6.07) is 14.0. The van der Waals surface area contributed by atoms with E-state index in [2.05, 4.69) is 4.72 Å². The summed E-state index contributed by atoms with van der Waals surface area (Å²) in [5.74, 6) is -0.371. The lowest BCUT2D eigenvalue weighted by Gasteiger charge is -2.15. The van der Waals surface area contributed by atoms with E-state index in [-0.39, 0.29) is 21.9 Å². The molecule has 1 N–H and O–H groups in total. The number of nitrogens with one attached hydrogen (secondary N) is 1. The van der Waals surface area contributed by atoms with Crippen LogP contribution in [0.25, 0.3) is 0 Å². The topological polar surface area (TPSA) is 90.2 Å². The second kappa shape index (κ2) is 7.20. The van der Waals surface area contributed by atoms with Crippen molar-refractivity contribution >= 4 is 21.5 Å². The number of hydrogen-bond acceptors (Lipinski definition) is 4. The minimum atomic E-state index is -3.84. The van der Waals surface area contributed by atoms with Crippen molar-refractivity contribution < 1.29 is 17.9 Å². The number of benzene rings is 2. The maximum atomic E-state index is 12.9. The molecular weight excluding hydrogens is 364 g/mol. The van der Waals surface area contributed by atoms with E-state index in [1.165, 1.54) is 36.7 Å². The molecule has 1 heterocycles. The molecule has 2 aromatic carbocycles. The van der Waals surface area contributed by atoms with Gasteiger partial charge in [-0.3, -0.25) is 9.52 Å². The molecule has 0 saturated heterocycles. The first kappa shape index (κ1) is 18.6. The van der Waals surface area contributed by atoms with Crippen LogP contribution in [0.3, 0.4) is 0 Å². The number of anilines is 1. The summed E-state index contributed by atoms with van der Waals surface area (Å²) in [7, 11) is -3.84. The van der Waals surface area contributed by atoms with E-state index in [9.17, 15) is 18.4 Å². The van der Waals surface area contributed by atoms with E-state index < -0.39 is 10.0 Å². The molecule has 27 heavy (non-hydrogen) atoms. The van der Waals surface area contributed by atoms with Gasteiger partial charge >= 0.3 is 0 Å². The summed E-state index contributed by atoms with van der Waals surface area (Å²) in [4.78, 5) is 13.0. The standard InChI is InChI=1S/C20H18N2O4S/c1-14-12-18(20(23)16-8-10-22(24)11-9-16)19(13-15(14)2)21-27(25,26)17-6-4-3-5-7-17/h3-13,21H,1-2H3. The SMILES string of the molecule is Cc1cc(NS(=O)(=O)c2ccccc2)c(C(=O)c2cc[n+]([O-])cc2)cc1C. The predicted octanol–water partition coefficient (Wildman–Crippen LogP) is 2.97. The zero-order chi connectivity index (χ0) is 19.6. The molecule has 0 bridgehead atoms. The van der Waals surface area contributed by atoms with Crippen molar-refractivity contribution in [1.82, 2.24) is 0 Å². The maximum Gasteiger partial charge on any atom is 0.261 e. The number of aromatic nitrogens is 1. The number of nitrogens with zero attached hydrogens (tertiary/aromatic N) is 1. The normalized spacial score (nSPS) is 11.2. The molecule has 0 aliphatic carbocycles. The van der Waals surface area contributed by atoms with Crippen LogP contribution in [0.5, 0.6) is 0 Å². The van der Waals surface area contributed by atoms with Crippen LogP contribution in [0.4, 0.5) is 5.69 Å². The first-order valence-corrected chi connectivity index (χ1v) is 9.69. The number of rotatable bonds is 5. The molecule has 0 fully saturated rings. The van der Waals surface area contributed by atoms with Gasteiger partial charge in [-0.15, -0.1) is 0 Å². The van der Waals surface area contributed by atoms with Gasteiger partial charge in [-0.1, -0.05) is 18.2 Å². The summed E-state index contributed by atoms with van der Waals surface area (Å²) < 4.78 is 28.5. The Morgan fingerprint density at radius 3 is 2.19 bits per heavy atom. The van der Waals surface area contributed by atoms with Gasteiger partial charge in [0.2, 0.25) is 0 Å². The van der Waals surface area contributed by atoms with Crippen molar-refractivity contribution in [3.63, 3.8) is 0 Å². The van der Waals surface area contributed by atoms with Crippen molar-refractivity contribution in [2.24, 2.45) is 0 Å². The van der Waals surface area contributed by atoms with E-state index in [1.54, 1.807) is 30.3 Å². The van der Waals surface area contributed by atoms with Crippen LogP contribution in [0.2, 0.25) is 0 Å². The number of ketones is 1. The lowest BCUT2D eigenvalue weighted by atomic mass is 9.98. The van der Waals surface area contributed by atoms with Crippen molar-refractivity contribution in [2.75, 3.05) is 4.72 Å².